The van der Waals surface area contributed by atoms with Crippen LogP contribution >= 0.6 is 11.6 Å². The number of hydrogen-bond acceptors (Lipinski definition) is 4. The molecule has 0 aliphatic carbocycles. The number of nitrogens with one attached hydrogen (secondary N) is 1. The SMILES string of the molecule is O=C(c1ccc(F)cc1)N1N=C(c2c(-c3ccccc3)c3cc(Cl)ccc3[nH]c2=O)C[C@H]1c1ccco1. The lowest BCUT2D eigenvalue weighted by atomic mass is 9.92. The van der Waals surface area contributed by atoms with E-state index in [0.29, 0.717) is 33.1 Å². The van der Waals surface area contributed by atoms with Gasteiger partial charge >= 0.3 is 0 Å². The molecule has 3 heterocycles. The summed E-state index contributed by atoms with van der Waals surface area (Å²) in [6.07, 6.45) is 1.77. The molecule has 6 nitrogen and oxygen atoms in total. The van der Waals surface area contributed by atoms with Crippen molar-refractivity contribution < 1.29 is 13.6 Å². The van der Waals surface area contributed by atoms with Crippen molar-refractivity contribution >= 4 is 34.1 Å². The number of aromatic amines is 1. The Morgan fingerprint density at radius 3 is 2.51 bits per heavy atom. The number of rotatable bonds is 4. The van der Waals surface area contributed by atoms with Gasteiger partial charge in [-0.3, -0.25) is 9.59 Å². The molecule has 3 aromatic carbocycles. The number of fused-ring (bicyclic) bond motifs is 1. The van der Waals surface area contributed by atoms with Crippen molar-refractivity contribution in [1.82, 2.24) is 9.99 Å². The first-order valence-corrected chi connectivity index (χ1v) is 12.0. The third kappa shape index (κ3) is 4.13. The summed E-state index contributed by atoms with van der Waals surface area (Å²) in [7, 11) is 0. The van der Waals surface area contributed by atoms with E-state index in [1.807, 2.05) is 30.3 Å². The molecule has 1 N–H and O–H groups in total. The minimum absolute atomic E-state index is 0.245. The number of hydrogen-bond donors (Lipinski definition) is 1. The van der Waals surface area contributed by atoms with Gasteiger partial charge < -0.3 is 9.40 Å². The molecule has 5 aromatic rings. The summed E-state index contributed by atoms with van der Waals surface area (Å²) in [6, 6.07) is 23.0. The number of hydrazone groups is 1. The van der Waals surface area contributed by atoms with E-state index in [4.69, 9.17) is 16.0 Å². The fraction of sp³-hybridized carbons (Fsp3) is 0.0690. The van der Waals surface area contributed by atoms with Crippen LogP contribution in [0.5, 0.6) is 0 Å². The van der Waals surface area contributed by atoms with Crippen molar-refractivity contribution in [1.29, 1.82) is 0 Å². The third-order valence-electron chi connectivity index (χ3n) is 6.41. The monoisotopic (exact) mass is 511 g/mol. The maximum absolute atomic E-state index is 13.5. The van der Waals surface area contributed by atoms with Crippen molar-refractivity contribution in [3.8, 4) is 11.1 Å². The van der Waals surface area contributed by atoms with Gasteiger partial charge in [0.1, 0.15) is 17.6 Å². The molecule has 6 rings (SSSR count). The van der Waals surface area contributed by atoms with Gasteiger partial charge in [0.25, 0.3) is 11.5 Å². The van der Waals surface area contributed by atoms with Gasteiger partial charge in [0.15, 0.2) is 0 Å². The zero-order chi connectivity index (χ0) is 25.5. The van der Waals surface area contributed by atoms with Gasteiger partial charge in [-0.1, -0.05) is 41.9 Å². The second-order valence-electron chi connectivity index (χ2n) is 8.70. The quantitative estimate of drug-likeness (QED) is 0.296. The molecule has 0 fully saturated rings. The fourth-order valence-electron chi connectivity index (χ4n) is 4.72. The average Bonchev–Trinajstić information content (AvgIpc) is 3.59. The Morgan fingerprint density at radius 2 is 1.78 bits per heavy atom. The average molecular weight is 512 g/mol. The van der Waals surface area contributed by atoms with Gasteiger partial charge in [0, 0.05) is 33.5 Å². The normalized spacial score (nSPS) is 15.2. The zero-order valence-corrected chi connectivity index (χ0v) is 20.1. The molecule has 0 bridgehead atoms. The predicted molar refractivity (Wildman–Crippen MR) is 140 cm³/mol. The third-order valence-corrected chi connectivity index (χ3v) is 6.64. The van der Waals surface area contributed by atoms with Gasteiger partial charge in [-0.25, -0.2) is 9.40 Å². The maximum Gasteiger partial charge on any atom is 0.274 e. The highest BCUT2D eigenvalue weighted by molar-refractivity contribution is 6.31. The highest BCUT2D eigenvalue weighted by atomic mass is 35.5. The Balaban J connectivity index is 1.56. The van der Waals surface area contributed by atoms with Gasteiger partial charge in [-0.15, -0.1) is 0 Å². The molecular formula is C29H19ClFN3O3. The van der Waals surface area contributed by atoms with E-state index < -0.39 is 17.8 Å². The van der Waals surface area contributed by atoms with E-state index in [2.05, 4.69) is 10.1 Å². The molecule has 0 unspecified atom stereocenters. The first-order valence-electron chi connectivity index (χ1n) is 11.6. The summed E-state index contributed by atoms with van der Waals surface area (Å²) in [5, 5.41) is 7.25. The van der Waals surface area contributed by atoms with Crippen LogP contribution in [0.2, 0.25) is 5.02 Å². The first-order chi connectivity index (χ1) is 18.0. The van der Waals surface area contributed by atoms with Crippen molar-refractivity contribution in [3.63, 3.8) is 0 Å². The van der Waals surface area contributed by atoms with Gasteiger partial charge in [-0.2, -0.15) is 5.10 Å². The number of furan rings is 1. The lowest BCUT2D eigenvalue weighted by molar-refractivity contribution is 0.0693. The van der Waals surface area contributed by atoms with Crippen LogP contribution in [-0.2, 0) is 0 Å². The number of aromatic nitrogens is 1. The number of nitrogens with zero attached hydrogens (tertiary/aromatic N) is 2. The smallest absolute Gasteiger partial charge is 0.274 e. The highest BCUT2D eigenvalue weighted by Gasteiger charge is 2.37. The van der Waals surface area contributed by atoms with Crippen LogP contribution in [0.1, 0.15) is 34.1 Å². The summed E-state index contributed by atoms with van der Waals surface area (Å²) in [5.41, 5.74) is 2.85. The summed E-state index contributed by atoms with van der Waals surface area (Å²) >= 11 is 6.35. The molecule has 0 saturated carbocycles. The maximum atomic E-state index is 13.5. The summed E-state index contributed by atoms with van der Waals surface area (Å²) in [4.78, 5) is 30.0. The molecule has 37 heavy (non-hydrogen) atoms. The van der Waals surface area contributed by atoms with Gasteiger partial charge in [0.05, 0.1) is 17.5 Å². The first kappa shape index (κ1) is 22.9. The number of amides is 1. The summed E-state index contributed by atoms with van der Waals surface area (Å²) in [5.74, 6) is -0.354. The van der Waals surface area contributed by atoms with E-state index in [-0.39, 0.29) is 17.5 Å². The van der Waals surface area contributed by atoms with Crippen molar-refractivity contribution in [2.24, 2.45) is 5.10 Å². The topological polar surface area (TPSA) is 78.7 Å². The van der Waals surface area contributed by atoms with E-state index in [0.717, 1.165) is 10.9 Å². The van der Waals surface area contributed by atoms with Gasteiger partial charge in [-0.05, 0) is 60.2 Å². The largest absolute Gasteiger partial charge is 0.467 e. The minimum atomic E-state index is -0.583. The number of benzene rings is 3. The Hall–Kier alpha value is -4.49. The highest BCUT2D eigenvalue weighted by Crippen LogP contribution is 2.38. The molecule has 2 aromatic heterocycles. The predicted octanol–water partition coefficient (Wildman–Crippen LogP) is 6.57. The summed E-state index contributed by atoms with van der Waals surface area (Å²) in [6.45, 7) is 0. The van der Waals surface area contributed by atoms with E-state index in [1.54, 1.807) is 30.3 Å². The number of carbonyl (C=O) groups excluding carboxylic acids is 1. The van der Waals surface area contributed by atoms with E-state index in [9.17, 15) is 14.0 Å². The van der Waals surface area contributed by atoms with Crippen LogP contribution in [0.3, 0.4) is 0 Å². The number of H-pyrrole nitrogens is 1. The molecule has 182 valence electrons. The molecule has 1 aliphatic rings. The second-order valence-corrected chi connectivity index (χ2v) is 9.14. The molecule has 1 atom stereocenters. The Labute approximate surface area is 215 Å². The van der Waals surface area contributed by atoms with E-state index in [1.165, 1.54) is 35.5 Å². The molecule has 8 heteroatoms. The molecule has 0 saturated heterocycles. The van der Waals surface area contributed by atoms with Crippen LogP contribution in [-0.4, -0.2) is 21.6 Å². The van der Waals surface area contributed by atoms with Crippen LogP contribution in [0.25, 0.3) is 22.0 Å². The van der Waals surface area contributed by atoms with Crippen LogP contribution in [0, 0.1) is 5.82 Å². The zero-order valence-electron chi connectivity index (χ0n) is 19.3. The van der Waals surface area contributed by atoms with E-state index >= 15 is 0 Å². The standard InChI is InChI=1S/C29H19ClFN3O3/c30-19-10-13-22-21(15-19)26(17-5-2-1-3-6-17)27(28(35)32-22)23-16-24(25-7-4-14-37-25)34(33-23)29(36)18-8-11-20(31)12-9-18/h1-15,24H,16H2,(H,32,35)/t24-/m0/s1. The molecule has 1 aliphatic heterocycles. The second kappa shape index (κ2) is 9.19. The van der Waals surface area contributed by atoms with Crippen molar-refractivity contribution in [2.45, 2.75) is 12.5 Å². The Kier molecular flexibility index (Phi) is 5.70. The van der Waals surface area contributed by atoms with Crippen LogP contribution in [0.4, 0.5) is 4.39 Å². The van der Waals surface area contributed by atoms with Crippen LogP contribution < -0.4 is 5.56 Å². The molecule has 0 spiro atoms. The lowest BCUT2D eigenvalue weighted by Crippen LogP contribution is -2.26. The van der Waals surface area contributed by atoms with Gasteiger partial charge in [0.2, 0.25) is 0 Å². The minimum Gasteiger partial charge on any atom is -0.467 e. The number of carbonyl (C=O) groups is 1. The molecule has 0 radical (unpaired) electrons. The Morgan fingerprint density at radius 1 is 1.00 bits per heavy atom. The fourth-order valence-corrected chi connectivity index (χ4v) is 4.89. The summed E-state index contributed by atoms with van der Waals surface area (Å²) < 4.78 is 19.1. The number of halogens is 2. The Bertz CT molecular complexity index is 1710. The number of pyridine rings is 1. The lowest BCUT2D eigenvalue weighted by Gasteiger charge is -2.19. The van der Waals surface area contributed by atoms with Crippen molar-refractivity contribution in [3.05, 3.63) is 129 Å². The van der Waals surface area contributed by atoms with Crippen LogP contribution in [0.15, 0.2) is 106 Å². The molecule has 1 amide bonds. The molecular weight excluding hydrogens is 493 g/mol. The van der Waals surface area contributed by atoms with Crippen molar-refractivity contribution in [2.75, 3.05) is 0 Å².